The third kappa shape index (κ3) is 78.0. The van der Waals surface area contributed by atoms with E-state index in [-0.39, 0.29) is 25.7 Å². The van der Waals surface area contributed by atoms with Gasteiger partial charge < -0.3 is 33.8 Å². The van der Waals surface area contributed by atoms with E-state index in [4.69, 9.17) is 37.0 Å². The highest BCUT2D eigenvalue weighted by Gasteiger charge is 2.30. The molecule has 0 aliphatic carbocycles. The summed E-state index contributed by atoms with van der Waals surface area (Å²) < 4.78 is 68.8. The summed E-state index contributed by atoms with van der Waals surface area (Å²) in [7, 11) is -9.92. The second kappa shape index (κ2) is 75.5. The number of aliphatic hydroxyl groups excluding tert-OH is 1. The van der Waals surface area contributed by atoms with Crippen LogP contribution in [0.5, 0.6) is 0 Å². The molecule has 0 radical (unpaired) electrons. The molecule has 0 aliphatic rings. The van der Waals surface area contributed by atoms with Crippen LogP contribution in [0, 0.1) is 11.8 Å². The van der Waals surface area contributed by atoms with Gasteiger partial charge in [-0.3, -0.25) is 37.3 Å². The van der Waals surface area contributed by atoms with Gasteiger partial charge in [0.15, 0.2) is 12.2 Å². The lowest BCUT2D eigenvalue weighted by atomic mass is 10.0. The Hall–Kier alpha value is -1.94. The van der Waals surface area contributed by atoms with Crippen molar-refractivity contribution in [3.05, 3.63) is 0 Å². The van der Waals surface area contributed by atoms with Crippen molar-refractivity contribution < 1.29 is 80.2 Å². The standard InChI is InChI=1S/C84H164O17P2/c1-7-9-11-13-15-17-19-21-22-23-24-25-26-27-28-29-38-44-50-56-62-68-83(88)100-80(73-95-82(87)67-61-55-49-43-37-32-30-34-40-46-52-58-64-76(3)4)75-99-103(92,93)97-71-78(85)70-96-102(90,91)98-74-79(72-94-81(86)66-60-54-48-42-36-20-18-16-14-12-10-8-2)101-84(89)69-63-57-51-45-39-33-31-35-41-47-53-59-65-77(5)6/h76-80,85H,7-75H2,1-6H3,(H,90,91)(H,92,93)/t78-,79+,80+/m0/s1. The van der Waals surface area contributed by atoms with Crippen molar-refractivity contribution in [2.45, 2.75) is 464 Å². The Morgan fingerprint density at radius 1 is 0.262 bits per heavy atom. The Kier molecular flexibility index (Phi) is 74.1. The molecule has 5 atom stereocenters. The third-order valence-corrected chi connectivity index (χ3v) is 21.6. The average molecular weight is 1510 g/mol. The van der Waals surface area contributed by atoms with E-state index in [0.717, 1.165) is 102 Å². The van der Waals surface area contributed by atoms with Gasteiger partial charge in [-0.1, -0.05) is 395 Å². The number of unbranched alkanes of at least 4 members (excludes halogenated alkanes) is 53. The Morgan fingerprint density at radius 2 is 0.447 bits per heavy atom. The molecule has 612 valence electrons. The van der Waals surface area contributed by atoms with Gasteiger partial charge in [0.1, 0.15) is 19.3 Å². The van der Waals surface area contributed by atoms with Crippen LogP contribution in [0.2, 0.25) is 0 Å². The maximum absolute atomic E-state index is 13.1. The molecule has 0 fully saturated rings. The van der Waals surface area contributed by atoms with Crippen LogP contribution in [0.15, 0.2) is 0 Å². The van der Waals surface area contributed by atoms with E-state index >= 15 is 0 Å². The maximum atomic E-state index is 13.1. The summed E-state index contributed by atoms with van der Waals surface area (Å²) in [5, 5.41) is 10.7. The minimum Gasteiger partial charge on any atom is -0.462 e. The number of carbonyl (C=O) groups is 4. The number of phosphoric ester groups is 2. The van der Waals surface area contributed by atoms with Gasteiger partial charge in [-0.05, 0) is 37.5 Å². The van der Waals surface area contributed by atoms with Gasteiger partial charge in [-0.25, -0.2) is 9.13 Å². The van der Waals surface area contributed by atoms with Crippen LogP contribution >= 0.6 is 15.6 Å². The van der Waals surface area contributed by atoms with Crippen molar-refractivity contribution in [1.82, 2.24) is 0 Å². The number of aliphatic hydroxyl groups is 1. The van der Waals surface area contributed by atoms with Gasteiger partial charge in [-0.2, -0.15) is 0 Å². The molecule has 0 spiro atoms. The summed E-state index contributed by atoms with van der Waals surface area (Å²) in [6, 6.07) is 0. The van der Waals surface area contributed by atoms with Gasteiger partial charge in [-0.15, -0.1) is 0 Å². The number of rotatable bonds is 83. The highest BCUT2D eigenvalue weighted by Crippen LogP contribution is 2.45. The second-order valence-corrected chi connectivity index (χ2v) is 34.1. The zero-order valence-electron chi connectivity index (χ0n) is 67.6. The van der Waals surface area contributed by atoms with Gasteiger partial charge in [0.05, 0.1) is 26.4 Å². The summed E-state index contributed by atoms with van der Waals surface area (Å²) >= 11 is 0. The predicted molar refractivity (Wildman–Crippen MR) is 423 cm³/mol. The molecule has 0 aromatic carbocycles. The largest absolute Gasteiger partial charge is 0.472 e. The number of phosphoric acid groups is 2. The van der Waals surface area contributed by atoms with E-state index in [0.29, 0.717) is 25.7 Å². The number of esters is 4. The molecule has 17 nitrogen and oxygen atoms in total. The summed E-state index contributed by atoms with van der Waals surface area (Å²) in [6.45, 7) is 9.68. The molecule has 0 rings (SSSR count). The van der Waals surface area contributed by atoms with E-state index in [2.05, 4.69) is 41.5 Å². The fourth-order valence-electron chi connectivity index (χ4n) is 13.1. The lowest BCUT2D eigenvalue weighted by Gasteiger charge is -2.21. The number of carbonyl (C=O) groups excluding carboxylic acids is 4. The molecule has 2 unspecified atom stereocenters. The summed E-state index contributed by atoms with van der Waals surface area (Å²) in [5.74, 6) is -0.545. The molecule has 0 bridgehead atoms. The number of ether oxygens (including phenoxy) is 4. The SMILES string of the molecule is CCCCCCCCCCCCCCCCCCCCCCCC(=O)O[C@H](COC(=O)CCCCCCCCCCCCCCC(C)C)COP(=O)(O)OC[C@@H](O)COP(=O)(O)OC[C@@H](COC(=O)CCCCCCCCCCCCCC)OC(=O)CCCCCCCCCCCCCCC(C)C. The summed E-state index contributed by atoms with van der Waals surface area (Å²) in [5.41, 5.74) is 0. The number of hydrogen-bond donors (Lipinski definition) is 3. The minimum atomic E-state index is -4.96. The normalized spacial score (nSPS) is 13.9. The van der Waals surface area contributed by atoms with Gasteiger partial charge >= 0.3 is 39.5 Å². The Labute approximate surface area is 632 Å². The van der Waals surface area contributed by atoms with Crippen LogP contribution in [0.25, 0.3) is 0 Å². The monoisotopic (exact) mass is 1510 g/mol. The van der Waals surface area contributed by atoms with Crippen molar-refractivity contribution >= 4 is 39.5 Å². The van der Waals surface area contributed by atoms with Gasteiger partial charge in [0, 0.05) is 25.7 Å². The minimum absolute atomic E-state index is 0.107. The first kappa shape index (κ1) is 101. The molecule has 0 saturated heterocycles. The highest BCUT2D eigenvalue weighted by molar-refractivity contribution is 7.47. The van der Waals surface area contributed by atoms with Crippen LogP contribution in [0.4, 0.5) is 0 Å². The summed E-state index contributed by atoms with van der Waals surface area (Å²) in [6.07, 6.45) is 66.6. The molecular formula is C84H164O17P2. The molecule has 0 aliphatic heterocycles. The van der Waals surface area contributed by atoms with E-state index in [9.17, 15) is 43.2 Å². The molecule has 19 heteroatoms. The maximum Gasteiger partial charge on any atom is 0.472 e. The Balaban J connectivity index is 5.24. The average Bonchev–Trinajstić information content (AvgIpc) is 1.08. The number of hydrogen-bond acceptors (Lipinski definition) is 15. The first-order chi connectivity index (χ1) is 49.9. The third-order valence-electron chi connectivity index (χ3n) is 19.7. The predicted octanol–water partition coefficient (Wildman–Crippen LogP) is 25.5. The van der Waals surface area contributed by atoms with Crippen molar-refractivity contribution in [1.29, 1.82) is 0 Å². The van der Waals surface area contributed by atoms with Crippen LogP contribution < -0.4 is 0 Å². The molecule has 103 heavy (non-hydrogen) atoms. The van der Waals surface area contributed by atoms with Crippen molar-refractivity contribution in [3.63, 3.8) is 0 Å². The molecule has 0 aromatic rings. The highest BCUT2D eigenvalue weighted by atomic mass is 31.2. The van der Waals surface area contributed by atoms with E-state index in [1.165, 1.54) is 263 Å². The van der Waals surface area contributed by atoms with E-state index in [1.54, 1.807) is 0 Å². The first-order valence-corrected chi connectivity index (χ1v) is 46.5. The molecular weight excluding hydrogens is 1340 g/mol. The van der Waals surface area contributed by atoms with Crippen LogP contribution in [0.1, 0.15) is 446 Å². The van der Waals surface area contributed by atoms with E-state index in [1.807, 2.05) is 0 Å². The van der Waals surface area contributed by atoms with Crippen molar-refractivity contribution in [2.24, 2.45) is 11.8 Å². The zero-order chi connectivity index (χ0) is 75.6. The summed E-state index contributed by atoms with van der Waals surface area (Å²) in [4.78, 5) is 73.2. The quantitative estimate of drug-likeness (QED) is 0.0222. The van der Waals surface area contributed by atoms with E-state index < -0.39 is 97.5 Å². The van der Waals surface area contributed by atoms with Crippen LogP contribution in [0.3, 0.4) is 0 Å². The Morgan fingerprint density at radius 3 is 0.660 bits per heavy atom. The molecule has 0 saturated carbocycles. The van der Waals surface area contributed by atoms with Crippen LogP contribution in [-0.2, 0) is 65.4 Å². The molecule has 0 amide bonds. The Bertz CT molecular complexity index is 1980. The van der Waals surface area contributed by atoms with Gasteiger partial charge in [0.2, 0.25) is 0 Å². The fourth-order valence-corrected chi connectivity index (χ4v) is 14.6. The first-order valence-electron chi connectivity index (χ1n) is 43.5. The molecule has 3 N–H and O–H groups in total. The second-order valence-electron chi connectivity index (χ2n) is 31.2. The van der Waals surface area contributed by atoms with Crippen LogP contribution in [-0.4, -0.2) is 96.7 Å². The molecule has 0 heterocycles. The lowest BCUT2D eigenvalue weighted by Crippen LogP contribution is -2.30. The van der Waals surface area contributed by atoms with Crippen molar-refractivity contribution in [3.8, 4) is 0 Å². The zero-order valence-corrected chi connectivity index (χ0v) is 69.4. The van der Waals surface area contributed by atoms with Gasteiger partial charge in [0.25, 0.3) is 0 Å². The molecule has 0 aromatic heterocycles. The smallest absolute Gasteiger partial charge is 0.462 e. The van der Waals surface area contributed by atoms with Crippen molar-refractivity contribution in [2.75, 3.05) is 39.6 Å². The topological polar surface area (TPSA) is 237 Å². The lowest BCUT2D eigenvalue weighted by molar-refractivity contribution is -0.161. The fraction of sp³-hybridized carbons (Fsp3) is 0.952.